The molecule has 0 aliphatic carbocycles. The fraction of sp³-hybridized carbons (Fsp3) is 0.150. The van der Waals surface area contributed by atoms with Gasteiger partial charge < -0.3 is 0 Å². The monoisotopic (exact) mass is 416 g/mol. The molecule has 148 valence electrons. The van der Waals surface area contributed by atoms with Crippen molar-refractivity contribution in [3.8, 4) is 11.3 Å². The van der Waals surface area contributed by atoms with E-state index in [-0.39, 0.29) is 5.95 Å². The third kappa shape index (κ3) is 3.61. The van der Waals surface area contributed by atoms with Gasteiger partial charge in [-0.1, -0.05) is 35.9 Å². The van der Waals surface area contributed by atoms with E-state index < -0.39 is 23.2 Å². The SMILES string of the molecule is Cc1ccc(-c2csc3nc(NC(=O)c4ccccc4C(F)(F)F)nn23)c(C)c1. The molecule has 2 aromatic carbocycles. The number of halogens is 3. The van der Waals surface area contributed by atoms with Gasteiger partial charge in [0.1, 0.15) is 0 Å². The Balaban J connectivity index is 1.67. The second-order valence-corrected chi connectivity index (χ2v) is 7.40. The Hall–Kier alpha value is -3.20. The second-order valence-electron chi connectivity index (χ2n) is 6.57. The second kappa shape index (κ2) is 7.00. The van der Waals surface area contributed by atoms with Crippen molar-refractivity contribution in [1.82, 2.24) is 14.6 Å². The molecule has 1 amide bonds. The Morgan fingerprint density at radius 1 is 1.14 bits per heavy atom. The maximum atomic E-state index is 13.2. The van der Waals surface area contributed by atoms with Gasteiger partial charge in [-0.3, -0.25) is 10.1 Å². The van der Waals surface area contributed by atoms with Gasteiger partial charge in [0.05, 0.1) is 16.8 Å². The number of nitrogens with zero attached hydrogens (tertiary/aromatic N) is 3. The third-order valence-electron chi connectivity index (χ3n) is 4.44. The van der Waals surface area contributed by atoms with Crippen molar-refractivity contribution < 1.29 is 18.0 Å². The van der Waals surface area contributed by atoms with E-state index in [1.54, 1.807) is 4.52 Å². The molecular formula is C20H15F3N4OS. The number of aryl methyl sites for hydroxylation is 2. The Morgan fingerprint density at radius 2 is 1.90 bits per heavy atom. The standard InChI is InChI=1S/C20H15F3N4OS/c1-11-7-8-13(12(2)9-11)16-10-29-19-25-18(26-27(16)19)24-17(28)14-5-3-4-6-15(14)20(21,22)23/h3-10H,1-2H3,(H,24,26,28). The van der Waals surface area contributed by atoms with Crippen LogP contribution in [-0.4, -0.2) is 20.5 Å². The molecule has 4 aromatic rings. The lowest BCUT2D eigenvalue weighted by atomic mass is 10.0. The largest absolute Gasteiger partial charge is 0.417 e. The van der Waals surface area contributed by atoms with Crippen LogP contribution in [0.2, 0.25) is 0 Å². The van der Waals surface area contributed by atoms with Crippen molar-refractivity contribution in [1.29, 1.82) is 0 Å². The van der Waals surface area contributed by atoms with Crippen LogP contribution in [0.3, 0.4) is 0 Å². The molecule has 0 unspecified atom stereocenters. The fourth-order valence-corrected chi connectivity index (χ4v) is 3.94. The zero-order chi connectivity index (χ0) is 20.8. The van der Waals surface area contributed by atoms with Gasteiger partial charge in [0.15, 0.2) is 0 Å². The first-order valence-corrected chi connectivity index (χ1v) is 9.51. The molecule has 4 rings (SSSR count). The van der Waals surface area contributed by atoms with Crippen LogP contribution in [0.4, 0.5) is 19.1 Å². The number of anilines is 1. The minimum atomic E-state index is -4.63. The molecule has 9 heteroatoms. The quantitative estimate of drug-likeness (QED) is 0.490. The van der Waals surface area contributed by atoms with E-state index in [0.29, 0.717) is 4.96 Å². The number of hydrogen-bond acceptors (Lipinski definition) is 4. The molecule has 1 N–H and O–H groups in total. The van der Waals surface area contributed by atoms with Crippen LogP contribution in [-0.2, 0) is 6.18 Å². The number of alkyl halides is 3. The van der Waals surface area contributed by atoms with Crippen LogP contribution < -0.4 is 5.32 Å². The van der Waals surface area contributed by atoms with Crippen molar-refractivity contribution in [3.63, 3.8) is 0 Å². The first-order valence-electron chi connectivity index (χ1n) is 8.63. The normalized spacial score (nSPS) is 11.8. The summed E-state index contributed by atoms with van der Waals surface area (Å²) in [6.07, 6.45) is -4.63. The lowest BCUT2D eigenvalue weighted by molar-refractivity contribution is -0.137. The Kier molecular flexibility index (Phi) is 4.62. The molecule has 0 radical (unpaired) electrons. The van der Waals surface area contributed by atoms with E-state index in [0.717, 1.165) is 34.5 Å². The van der Waals surface area contributed by atoms with Gasteiger partial charge in [-0.2, -0.15) is 18.2 Å². The molecule has 2 aromatic heterocycles. The maximum Gasteiger partial charge on any atom is 0.417 e. The first kappa shape index (κ1) is 19.1. The van der Waals surface area contributed by atoms with Gasteiger partial charge in [-0.15, -0.1) is 16.4 Å². The molecule has 0 aliphatic rings. The van der Waals surface area contributed by atoms with Gasteiger partial charge >= 0.3 is 6.18 Å². The van der Waals surface area contributed by atoms with Crippen molar-refractivity contribution in [2.24, 2.45) is 0 Å². The van der Waals surface area contributed by atoms with E-state index >= 15 is 0 Å². The lowest BCUT2D eigenvalue weighted by Crippen LogP contribution is -2.19. The van der Waals surface area contributed by atoms with E-state index in [4.69, 9.17) is 0 Å². The molecule has 5 nitrogen and oxygen atoms in total. The maximum absolute atomic E-state index is 13.2. The summed E-state index contributed by atoms with van der Waals surface area (Å²) in [4.78, 5) is 17.2. The predicted octanol–water partition coefficient (Wildman–Crippen LogP) is 5.35. The fourth-order valence-electron chi connectivity index (χ4n) is 3.12. The van der Waals surface area contributed by atoms with Crippen LogP contribution in [0.25, 0.3) is 16.2 Å². The van der Waals surface area contributed by atoms with Crippen LogP contribution >= 0.6 is 11.3 Å². The highest BCUT2D eigenvalue weighted by Crippen LogP contribution is 2.32. The molecule has 0 atom stereocenters. The highest BCUT2D eigenvalue weighted by atomic mass is 32.1. The van der Waals surface area contributed by atoms with Crippen LogP contribution in [0.1, 0.15) is 27.0 Å². The minimum absolute atomic E-state index is 0.0511. The average molecular weight is 416 g/mol. The Morgan fingerprint density at radius 3 is 2.62 bits per heavy atom. The molecule has 2 heterocycles. The number of nitrogens with one attached hydrogen (secondary N) is 1. The molecule has 0 fully saturated rings. The molecule has 0 spiro atoms. The smallest absolute Gasteiger partial charge is 0.289 e. The van der Waals surface area contributed by atoms with Crippen LogP contribution in [0, 0.1) is 13.8 Å². The van der Waals surface area contributed by atoms with E-state index in [1.165, 1.54) is 23.5 Å². The van der Waals surface area contributed by atoms with E-state index in [1.807, 2.05) is 37.4 Å². The minimum Gasteiger partial charge on any atom is -0.289 e. The number of hydrogen-bond donors (Lipinski definition) is 1. The van der Waals surface area contributed by atoms with Gasteiger partial charge in [0.2, 0.25) is 4.96 Å². The third-order valence-corrected chi connectivity index (χ3v) is 5.26. The van der Waals surface area contributed by atoms with Gasteiger partial charge in [0, 0.05) is 10.9 Å². The number of carbonyl (C=O) groups is 1. The van der Waals surface area contributed by atoms with Crippen LogP contribution in [0.5, 0.6) is 0 Å². The van der Waals surface area contributed by atoms with Gasteiger partial charge in [-0.05, 0) is 31.5 Å². The first-order chi connectivity index (χ1) is 13.7. The number of carbonyl (C=O) groups excluding carboxylic acids is 1. The molecule has 0 saturated carbocycles. The summed E-state index contributed by atoms with van der Waals surface area (Å²) in [5.41, 5.74) is 2.47. The topological polar surface area (TPSA) is 59.3 Å². The Labute approximate surface area is 167 Å². The number of thiazole rings is 1. The van der Waals surface area contributed by atoms with E-state index in [9.17, 15) is 18.0 Å². The lowest BCUT2D eigenvalue weighted by Gasteiger charge is -2.11. The number of aromatic nitrogens is 3. The predicted molar refractivity (Wildman–Crippen MR) is 105 cm³/mol. The summed E-state index contributed by atoms with van der Waals surface area (Å²) in [5, 5.41) is 8.55. The van der Waals surface area contributed by atoms with Crippen molar-refractivity contribution in [3.05, 3.63) is 70.1 Å². The highest BCUT2D eigenvalue weighted by molar-refractivity contribution is 7.15. The number of amides is 1. The molecule has 0 saturated heterocycles. The zero-order valence-electron chi connectivity index (χ0n) is 15.4. The molecule has 0 aliphatic heterocycles. The summed E-state index contributed by atoms with van der Waals surface area (Å²) in [5.74, 6) is -0.964. The number of benzene rings is 2. The van der Waals surface area contributed by atoms with E-state index in [2.05, 4.69) is 15.4 Å². The summed E-state index contributed by atoms with van der Waals surface area (Å²) < 4.78 is 41.1. The van der Waals surface area contributed by atoms with Gasteiger partial charge in [-0.25, -0.2) is 4.52 Å². The Bertz CT molecular complexity index is 1230. The summed E-state index contributed by atoms with van der Waals surface area (Å²) in [6, 6.07) is 10.6. The van der Waals surface area contributed by atoms with Crippen molar-refractivity contribution in [2.75, 3.05) is 5.32 Å². The van der Waals surface area contributed by atoms with Crippen LogP contribution in [0.15, 0.2) is 47.8 Å². The zero-order valence-corrected chi connectivity index (χ0v) is 16.2. The molecular weight excluding hydrogens is 401 g/mol. The number of rotatable bonds is 3. The average Bonchev–Trinajstić information content (AvgIpc) is 3.21. The van der Waals surface area contributed by atoms with Gasteiger partial charge in [0.25, 0.3) is 11.9 Å². The molecule has 0 bridgehead atoms. The summed E-state index contributed by atoms with van der Waals surface area (Å²) in [7, 11) is 0. The summed E-state index contributed by atoms with van der Waals surface area (Å²) in [6.45, 7) is 3.99. The highest BCUT2D eigenvalue weighted by Gasteiger charge is 2.35. The van der Waals surface area contributed by atoms with Crippen molar-refractivity contribution in [2.45, 2.75) is 20.0 Å². The summed E-state index contributed by atoms with van der Waals surface area (Å²) >= 11 is 1.33. The molecule has 29 heavy (non-hydrogen) atoms. The number of fused-ring (bicyclic) bond motifs is 1. The van der Waals surface area contributed by atoms with Crippen molar-refractivity contribution >= 4 is 28.2 Å².